The number of nitrogens with zero attached hydrogens (tertiary/aromatic N) is 2. The van der Waals surface area contributed by atoms with E-state index in [0.29, 0.717) is 30.3 Å². The number of aromatic nitrogens is 2. The minimum atomic E-state index is -0.0334. The first-order valence-electron chi connectivity index (χ1n) is 9.73. The molecule has 4 aromatic rings. The van der Waals surface area contributed by atoms with E-state index < -0.39 is 0 Å². The van der Waals surface area contributed by atoms with Crippen molar-refractivity contribution in [1.29, 1.82) is 0 Å². The molecule has 0 bridgehead atoms. The van der Waals surface area contributed by atoms with Gasteiger partial charge in [-0.2, -0.15) is 0 Å². The SMILES string of the molecule is COc1ccc(-c2nc(C(=O)N3CCc4[nH]c5ccccc5c4C3)cs2)cc1OC. The number of methoxy groups -OCH3 is 2. The summed E-state index contributed by atoms with van der Waals surface area (Å²) < 4.78 is 10.7. The molecule has 0 aliphatic carbocycles. The second kappa shape index (κ2) is 7.50. The number of para-hydroxylation sites is 1. The molecule has 0 unspecified atom stereocenters. The van der Waals surface area contributed by atoms with E-state index in [4.69, 9.17) is 9.47 Å². The Hall–Kier alpha value is -3.32. The van der Waals surface area contributed by atoms with Crippen molar-refractivity contribution >= 4 is 28.1 Å². The lowest BCUT2D eigenvalue weighted by Gasteiger charge is -2.26. The van der Waals surface area contributed by atoms with E-state index in [9.17, 15) is 4.79 Å². The Morgan fingerprint density at radius 1 is 1.13 bits per heavy atom. The van der Waals surface area contributed by atoms with Crippen molar-refractivity contribution in [2.45, 2.75) is 13.0 Å². The van der Waals surface area contributed by atoms with Crippen molar-refractivity contribution in [2.24, 2.45) is 0 Å². The van der Waals surface area contributed by atoms with Crippen LogP contribution in [0.3, 0.4) is 0 Å². The predicted molar refractivity (Wildman–Crippen MR) is 117 cm³/mol. The number of hydrogen-bond acceptors (Lipinski definition) is 5. The fourth-order valence-corrected chi connectivity index (χ4v) is 4.77. The van der Waals surface area contributed by atoms with Crippen LogP contribution in [0.1, 0.15) is 21.7 Å². The standard InChI is InChI=1S/C23H21N3O3S/c1-28-20-8-7-14(11-21(20)29-2)22-25-19(13-30-22)23(27)26-10-9-18-16(12-26)15-5-3-4-6-17(15)24-18/h3-8,11,13,24H,9-10,12H2,1-2H3. The zero-order valence-corrected chi connectivity index (χ0v) is 17.6. The van der Waals surface area contributed by atoms with Gasteiger partial charge in [0.1, 0.15) is 10.7 Å². The van der Waals surface area contributed by atoms with E-state index in [1.807, 2.05) is 40.6 Å². The van der Waals surface area contributed by atoms with Crippen LogP contribution in [0.4, 0.5) is 0 Å². The number of carbonyl (C=O) groups excluding carboxylic acids is 1. The molecule has 0 atom stereocenters. The van der Waals surface area contributed by atoms with Gasteiger partial charge in [0.25, 0.3) is 5.91 Å². The number of nitrogens with one attached hydrogen (secondary N) is 1. The van der Waals surface area contributed by atoms with Crippen LogP contribution >= 0.6 is 11.3 Å². The molecular formula is C23H21N3O3S. The number of amides is 1. The molecule has 0 saturated carbocycles. The van der Waals surface area contributed by atoms with E-state index >= 15 is 0 Å². The molecule has 6 nitrogen and oxygen atoms in total. The molecule has 1 N–H and O–H groups in total. The maximum Gasteiger partial charge on any atom is 0.273 e. The van der Waals surface area contributed by atoms with Crippen molar-refractivity contribution in [3.8, 4) is 22.1 Å². The largest absolute Gasteiger partial charge is 0.493 e. The number of benzene rings is 2. The predicted octanol–water partition coefficient (Wildman–Crippen LogP) is 4.51. The Morgan fingerprint density at radius 3 is 2.80 bits per heavy atom. The third-order valence-corrected chi connectivity index (χ3v) is 6.42. The summed E-state index contributed by atoms with van der Waals surface area (Å²) in [6.45, 7) is 1.28. The van der Waals surface area contributed by atoms with Gasteiger partial charge in [-0.15, -0.1) is 11.3 Å². The molecule has 0 spiro atoms. The van der Waals surface area contributed by atoms with Gasteiger partial charge < -0.3 is 19.4 Å². The highest BCUT2D eigenvalue weighted by molar-refractivity contribution is 7.13. The third-order valence-electron chi connectivity index (χ3n) is 5.52. The minimum Gasteiger partial charge on any atom is -0.493 e. The summed E-state index contributed by atoms with van der Waals surface area (Å²) in [5.41, 5.74) is 4.94. The van der Waals surface area contributed by atoms with Gasteiger partial charge in [-0.25, -0.2) is 4.98 Å². The topological polar surface area (TPSA) is 67.5 Å². The summed E-state index contributed by atoms with van der Waals surface area (Å²) in [6, 6.07) is 13.9. The number of rotatable bonds is 4. The van der Waals surface area contributed by atoms with Gasteiger partial charge in [-0.05, 0) is 24.3 Å². The Labute approximate surface area is 178 Å². The summed E-state index contributed by atoms with van der Waals surface area (Å²) in [7, 11) is 3.21. The van der Waals surface area contributed by atoms with E-state index in [0.717, 1.165) is 22.5 Å². The summed E-state index contributed by atoms with van der Waals surface area (Å²) in [5.74, 6) is 1.27. The fraction of sp³-hybridized carbons (Fsp3) is 0.217. The van der Waals surface area contributed by atoms with E-state index in [1.165, 1.54) is 28.0 Å². The molecule has 2 aromatic carbocycles. The van der Waals surface area contributed by atoms with Gasteiger partial charge in [0.2, 0.25) is 0 Å². The molecule has 2 aromatic heterocycles. The van der Waals surface area contributed by atoms with Gasteiger partial charge in [-0.3, -0.25) is 4.79 Å². The smallest absolute Gasteiger partial charge is 0.273 e. The molecule has 1 amide bonds. The first kappa shape index (κ1) is 18.7. The van der Waals surface area contributed by atoms with E-state index in [-0.39, 0.29) is 5.91 Å². The van der Waals surface area contributed by atoms with Crippen molar-refractivity contribution in [3.63, 3.8) is 0 Å². The normalized spacial score (nSPS) is 13.3. The average Bonchev–Trinajstić information content (AvgIpc) is 3.43. The molecular weight excluding hydrogens is 398 g/mol. The highest BCUT2D eigenvalue weighted by atomic mass is 32.1. The van der Waals surface area contributed by atoms with Crippen molar-refractivity contribution in [3.05, 3.63) is 64.8 Å². The lowest BCUT2D eigenvalue weighted by Crippen LogP contribution is -2.36. The molecule has 1 aliphatic heterocycles. The number of carbonyl (C=O) groups is 1. The summed E-state index contributed by atoms with van der Waals surface area (Å²) in [6.07, 6.45) is 0.822. The molecule has 3 heterocycles. The van der Waals surface area contributed by atoms with Gasteiger partial charge in [0, 0.05) is 52.6 Å². The number of aromatic amines is 1. The number of ether oxygens (including phenoxy) is 2. The second-order valence-electron chi connectivity index (χ2n) is 7.21. The van der Waals surface area contributed by atoms with Gasteiger partial charge in [0.15, 0.2) is 11.5 Å². The summed E-state index contributed by atoms with van der Waals surface area (Å²) in [4.78, 5) is 23.1. The monoisotopic (exact) mass is 419 g/mol. The van der Waals surface area contributed by atoms with Gasteiger partial charge in [0.05, 0.1) is 14.2 Å². The second-order valence-corrected chi connectivity index (χ2v) is 8.07. The first-order chi connectivity index (χ1) is 14.7. The Morgan fingerprint density at radius 2 is 1.97 bits per heavy atom. The van der Waals surface area contributed by atoms with Gasteiger partial charge in [-0.1, -0.05) is 18.2 Å². The van der Waals surface area contributed by atoms with Crippen LogP contribution in [0.25, 0.3) is 21.5 Å². The third kappa shape index (κ3) is 3.11. The van der Waals surface area contributed by atoms with Crippen LogP contribution in [-0.4, -0.2) is 41.5 Å². The van der Waals surface area contributed by atoms with E-state index in [2.05, 4.69) is 22.1 Å². The van der Waals surface area contributed by atoms with Crippen LogP contribution in [0, 0.1) is 0 Å². The Bertz CT molecular complexity index is 1240. The van der Waals surface area contributed by atoms with Crippen LogP contribution in [0.2, 0.25) is 0 Å². The first-order valence-corrected chi connectivity index (χ1v) is 10.6. The quantitative estimate of drug-likeness (QED) is 0.529. The van der Waals surface area contributed by atoms with E-state index in [1.54, 1.807) is 14.2 Å². The maximum absolute atomic E-state index is 13.2. The molecule has 1 aliphatic rings. The minimum absolute atomic E-state index is 0.0334. The molecule has 0 fully saturated rings. The fourth-order valence-electron chi connectivity index (χ4n) is 3.98. The number of H-pyrrole nitrogens is 1. The van der Waals surface area contributed by atoms with Crippen molar-refractivity contribution in [1.82, 2.24) is 14.9 Å². The lowest BCUT2D eigenvalue weighted by atomic mass is 10.0. The zero-order valence-electron chi connectivity index (χ0n) is 16.8. The number of thiazole rings is 1. The van der Waals surface area contributed by atoms with Crippen LogP contribution in [-0.2, 0) is 13.0 Å². The van der Waals surface area contributed by atoms with Crippen LogP contribution in [0.15, 0.2) is 47.8 Å². The maximum atomic E-state index is 13.2. The molecule has 30 heavy (non-hydrogen) atoms. The molecule has 152 valence electrons. The van der Waals surface area contributed by atoms with Crippen LogP contribution in [0.5, 0.6) is 11.5 Å². The van der Waals surface area contributed by atoms with Gasteiger partial charge >= 0.3 is 0 Å². The van der Waals surface area contributed by atoms with Crippen LogP contribution < -0.4 is 9.47 Å². The summed E-state index contributed by atoms with van der Waals surface area (Å²) >= 11 is 1.46. The van der Waals surface area contributed by atoms with Crippen molar-refractivity contribution in [2.75, 3.05) is 20.8 Å². The molecule has 7 heteroatoms. The highest BCUT2D eigenvalue weighted by Gasteiger charge is 2.26. The molecule has 0 radical (unpaired) electrons. The highest BCUT2D eigenvalue weighted by Crippen LogP contribution is 2.34. The summed E-state index contributed by atoms with van der Waals surface area (Å²) in [5, 5.41) is 3.80. The average molecular weight is 420 g/mol. The zero-order chi connectivity index (χ0) is 20.7. The number of fused-ring (bicyclic) bond motifs is 3. The number of hydrogen-bond donors (Lipinski definition) is 1. The molecule has 0 saturated heterocycles. The van der Waals surface area contributed by atoms with Crippen molar-refractivity contribution < 1.29 is 14.3 Å². The molecule has 5 rings (SSSR count). The lowest BCUT2D eigenvalue weighted by molar-refractivity contribution is 0.0730. The Kier molecular flexibility index (Phi) is 4.67. The Balaban J connectivity index is 1.40.